The predicted molar refractivity (Wildman–Crippen MR) is 83.5 cm³/mol. The smallest absolute Gasteiger partial charge is 0.0113 e. The summed E-state index contributed by atoms with van der Waals surface area (Å²) in [6.07, 6.45) is 7.04. The van der Waals surface area contributed by atoms with Gasteiger partial charge in [0, 0.05) is 24.7 Å². The third kappa shape index (κ3) is 3.52. The quantitative estimate of drug-likeness (QED) is 0.817. The normalized spacial score (nSPS) is 32.8. The maximum Gasteiger partial charge on any atom is 0.0113 e. The molecule has 0 saturated carbocycles. The molecule has 2 nitrogen and oxygen atoms in total. The Kier molecular flexibility index (Phi) is 4.94. The third-order valence-electron chi connectivity index (χ3n) is 5.77. The maximum absolute atomic E-state index is 3.69. The van der Waals surface area contributed by atoms with E-state index in [0.29, 0.717) is 5.41 Å². The summed E-state index contributed by atoms with van der Waals surface area (Å²) in [5.41, 5.74) is 0.443. The lowest BCUT2D eigenvalue weighted by Gasteiger charge is -2.52. The van der Waals surface area contributed by atoms with Crippen molar-refractivity contribution in [1.29, 1.82) is 0 Å². The minimum Gasteiger partial charge on any atom is -0.314 e. The number of rotatable bonds is 5. The lowest BCUT2D eigenvalue weighted by atomic mass is 9.76. The maximum atomic E-state index is 3.69. The first kappa shape index (κ1) is 15.3. The standard InChI is InChI=1S/C17H34N2/c1-6-18-14-10-15-8-7-9-16(11-14)19(15)12-17(4,5)13(2)3/h13-16,18H,6-12H2,1-5H3. The van der Waals surface area contributed by atoms with Crippen molar-refractivity contribution in [2.75, 3.05) is 13.1 Å². The van der Waals surface area contributed by atoms with Crippen LogP contribution in [0.15, 0.2) is 0 Å². The van der Waals surface area contributed by atoms with E-state index in [1.165, 1.54) is 38.6 Å². The second kappa shape index (κ2) is 6.13. The van der Waals surface area contributed by atoms with Crippen molar-refractivity contribution in [3.63, 3.8) is 0 Å². The Balaban J connectivity index is 2.02. The van der Waals surface area contributed by atoms with Crippen molar-refractivity contribution in [2.45, 2.75) is 84.8 Å². The molecule has 1 N–H and O–H groups in total. The third-order valence-corrected chi connectivity index (χ3v) is 5.77. The number of hydrogen-bond donors (Lipinski definition) is 1. The topological polar surface area (TPSA) is 15.3 Å². The molecule has 19 heavy (non-hydrogen) atoms. The Labute approximate surface area is 120 Å². The molecule has 2 aliphatic heterocycles. The fraction of sp³-hybridized carbons (Fsp3) is 1.00. The van der Waals surface area contributed by atoms with Gasteiger partial charge in [-0.15, -0.1) is 0 Å². The van der Waals surface area contributed by atoms with Crippen molar-refractivity contribution in [3.8, 4) is 0 Å². The van der Waals surface area contributed by atoms with Crippen LogP contribution < -0.4 is 5.32 Å². The van der Waals surface area contributed by atoms with E-state index in [-0.39, 0.29) is 0 Å². The van der Waals surface area contributed by atoms with E-state index in [1.54, 1.807) is 0 Å². The van der Waals surface area contributed by atoms with Gasteiger partial charge < -0.3 is 5.32 Å². The summed E-state index contributed by atoms with van der Waals surface area (Å²) in [5, 5.41) is 3.69. The SMILES string of the molecule is CCNC1CC2CCCC(C1)N2CC(C)(C)C(C)C. The summed E-state index contributed by atoms with van der Waals surface area (Å²) in [7, 11) is 0. The van der Waals surface area contributed by atoms with E-state index in [9.17, 15) is 0 Å². The van der Waals surface area contributed by atoms with Crippen molar-refractivity contribution in [2.24, 2.45) is 11.3 Å². The molecule has 0 aromatic heterocycles. The van der Waals surface area contributed by atoms with E-state index in [2.05, 4.69) is 44.8 Å². The molecule has 0 aromatic rings. The van der Waals surface area contributed by atoms with Crippen LogP contribution in [-0.2, 0) is 0 Å². The lowest BCUT2D eigenvalue weighted by molar-refractivity contribution is -0.0121. The van der Waals surface area contributed by atoms with Crippen molar-refractivity contribution in [3.05, 3.63) is 0 Å². The Hall–Kier alpha value is -0.0800. The van der Waals surface area contributed by atoms with Crippen LogP contribution in [0, 0.1) is 11.3 Å². The second-order valence-electron chi connectivity index (χ2n) is 7.78. The molecule has 2 fully saturated rings. The van der Waals surface area contributed by atoms with E-state index in [0.717, 1.165) is 30.6 Å². The molecule has 0 amide bonds. The summed E-state index contributed by atoms with van der Waals surface area (Å²) in [4.78, 5) is 2.87. The number of nitrogens with one attached hydrogen (secondary N) is 1. The number of piperidine rings is 2. The number of nitrogens with zero attached hydrogens (tertiary/aromatic N) is 1. The van der Waals surface area contributed by atoms with Crippen LogP contribution >= 0.6 is 0 Å². The Morgan fingerprint density at radius 1 is 1.16 bits per heavy atom. The minimum atomic E-state index is 0.443. The summed E-state index contributed by atoms with van der Waals surface area (Å²) < 4.78 is 0. The molecule has 2 atom stereocenters. The average Bonchev–Trinajstić information content (AvgIpc) is 2.29. The second-order valence-corrected chi connectivity index (χ2v) is 7.78. The molecule has 2 heteroatoms. The zero-order chi connectivity index (χ0) is 14.0. The summed E-state index contributed by atoms with van der Waals surface area (Å²) >= 11 is 0. The van der Waals surface area contributed by atoms with Gasteiger partial charge in [0.2, 0.25) is 0 Å². The molecule has 2 bridgehead atoms. The first-order valence-electron chi connectivity index (χ1n) is 8.43. The Morgan fingerprint density at radius 2 is 1.74 bits per heavy atom. The highest BCUT2D eigenvalue weighted by molar-refractivity contribution is 4.96. The molecular weight excluding hydrogens is 232 g/mol. The minimum absolute atomic E-state index is 0.443. The molecule has 0 radical (unpaired) electrons. The van der Waals surface area contributed by atoms with E-state index < -0.39 is 0 Å². The van der Waals surface area contributed by atoms with Gasteiger partial charge in [-0.3, -0.25) is 4.90 Å². The van der Waals surface area contributed by atoms with Crippen LogP contribution in [-0.4, -0.2) is 36.1 Å². The van der Waals surface area contributed by atoms with Crippen molar-refractivity contribution in [1.82, 2.24) is 10.2 Å². The molecule has 0 spiro atoms. The van der Waals surface area contributed by atoms with Gasteiger partial charge in [-0.1, -0.05) is 41.0 Å². The number of hydrogen-bond acceptors (Lipinski definition) is 2. The van der Waals surface area contributed by atoms with Gasteiger partial charge in [0.05, 0.1) is 0 Å². The largest absolute Gasteiger partial charge is 0.314 e. The van der Waals surface area contributed by atoms with Gasteiger partial charge in [-0.2, -0.15) is 0 Å². The lowest BCUT2D eigenvalue weighted by Crippen LogP contribution is -2.58. The van der Waals surface area contributed by atoms with Gasteiger partial charge in [-0.25, -0.2) is 0 Å². The van der Waals surface area contributed by atoms with E-state index in [4.69, 9.17) is 0 Å². The van der Waals surface area contributed by atoms with Gasteiger partial charge in [0.15, 0.2) is 0 Å². The summed E-state index contributed by atoms with van der Waals surface area (Å²) in [6, 6.07) is 2.46. The summed E-state index contributed by atoms with van der Waals surface area (Å²) in [6.45, 7) is 14.3. The highest BCUT2D eigenvalue weighted by atomic mass is 15.2. The summed E-state index contributed by atoms with van der Waals surface area (Å²) in [5.74, 6) is 0.764. The van der Waals surface area contributed by atoms with Gasteiger partial charge >= 0.3 is 0 Å². The van der Waals surface area contributed by atoms with Gasteiger partial charge in [0.1, 0.15) is 0 Å². The first-order chi connectivity index (χ1) is 8.94. The zero-order valence-corrected chi connectivity index (χ0v) is 13.7. The van der Waals surface area contributed by atoms with E-state index >= 15 is 0 Å². The molecular formula is C17H34N2. The van der Waals surface area contributed by atoms with Crippen LogP contribution in [0.2, 0.25) is 0 Å². The van der Waals surface area contributed by atoms with Crippen LogP contribution in [0.25, 0.3) is 0 Å². The van der Waals surface area contributed by atoms with Crippen LogP contribution in [0.1, 0.15) is 66.7 Å². The molecule has 2 unspecified atom stereocenters. The van der Waals surface area contributed by atoms with Crippen LogP contribution in [0.5, 0.6) is 0 Å². The highest BCUT2D eigenvalue weighted by Crippen LogP contribution is 2.38. The van der Waals surface area contributed by atoms with Gasteiger partial charge in [0.25, 0.3) is 0 Å². The highest BCUT2D eigenvalue weighted by Gasteiger charge is 2.40. The molecule has 0 aliphatic carbocycles. The fourth-order valence-corrected chi connectivity index (χ4v) is 3.85. The van der Waals surface area contributed by atoms with Crippen LogP contribution in [0.4, 0.5) is 0 Å². The molecule has 2 heterocycles. The average molecular weight is 266 g/mol. The monoisotopic (exact) mass is 266 g/mol. The van der Waals surface area contributed by atoms with Crippen LogP contribution in [0.3, 0.4) is 0 Å². The fourth-order valence-electron chi connectivity index (χ4n) is 3.85. The van der Waals surface area contributed by atoms with E-state index in [1.807, 2.05) is 0 Å². The number of fused-ring (bicyclic) bond motifs is 2. The van der Waals surface area contributed by atoms with Crippen molar-refractivity contribution < 1.29 is 0 Å². The molecule has 2 saturated heterocycles. The first-order valence-corrected chi connectivity index (χ1v) is 8.43. The molecule has 0 aromatic carbocycles. The van der Waals surface area contributed by atoms with Crippen molar-refractivity contribution >= 4 is 0 Å². The predicted octanol–water partition coefficient (Wildman–Crippen LogP) is 3.66. The van der Waals surface area contributed by atoms with Gasteiger partial charge in [-0.05, 0) is 43.6 Å². The molecule has 2 rings (SSSR count). The molecule has 112 valence electrons. The Morgan fingerprint density at radius 3 is 2.21 bits per heavy atom. The zero-order valence-electron chi connectivity index (χ0n) is 13.7. The Bertz CT molecular complexity index is 271. The molecule has 2 aliphatic rings.